The monoisotopic (exact) mass is 547 g/mol. The lowest BCUT2D eigenvalue weighted by Gasteiger charge is -2.32. The van der Waals surface area contributed by atoms with E-state index in [0.29, 0.717) is 25.5 Å². The maximum absolute atomic E-state index is 13.8. The molecule has 1 unspecified atom stereocenters. The van der Waals surface area contributed by atoms with Crippen LogP contribution in [0.2, 0.25) is 0 Å². The maximum atomic E-state index is 13.8. The van der Waals surface area contributed by atoms with E-state index in [1.54, 1.807) is 7.05 Å². The molecule has 1 aromatic carbocycles. The molecule has 0 radical (unpaired) electrons. The van der Waals surface area contributed by atoms with Crippen molar-refractivity contribution in [3.63, 3.8) is 0 Å². The normalized spacial score (nSPS) is 20.1. The minimum atomic E-state index is -0.847. The van der Waals surface area contributed by atoms with Gasteiger partial charge in [-0.05, 0) is 49.4 Å². The quantitative estimate of drug-likeness (QED) is 0.369. The third-order valence-electron chi connectivity index (χ3n) is 7.44. The van der Waals surface area contributed by atoms with Crippen molar-refractivity contribution < 1.29 is 19.1 Å². The molecule has 1 heterocycles. The number of hydrogen-bond acceptors (Lipinski definition) is 5. The molecular weight excluding hydrogens is 506 g/mol. The standard InChI is InChI=1S/C31H41N5O4/c1-3-32-31(39)36(20-23-10-5-4-6-11-23)34-30(38)28(19-24-15-16-25-12-7-8-13-26(25)18-24)35(2)29(37)22-40-21-27-14-9-17-33-27/h4-8,10-11,13,15-16,18,25,27-28,33H,3,9,12,14,17,19-22H2,1-2H3,(H,32,39)(H,34,38)/t25?,27-,28+/m0/s1. The second-order valence-electron chi connectivity index (χ2n) is 10.4. The summed E-state index contributed by atoms with van der Waals surface area (Å²) in [7, 11) is 1.62. The summed E-state index contributed by atoms with van der Waals surface area (Å²) in [5, 5.41) is 7.38. The highest BCUT2D eigenvalue weighted by molar-refractivity contribution is 5.89. The molecule has 4 rings (SSSR count). The first-order valence-electron chi connectivity index (χ1n) is 14.2. The molecule has 1 aromatic rings. The topological polar surface area (TPSA) is 103 Å². The fraction of sp³-hybridized carbons (Fsp3) is 0.452. The van der Waals surface area contributed by atoms with E-state index in [0.717, 1.165) is 36.9 Å². The van der Waals surface area contributed by atoms with Gasteiger partial charge in [-0.25, -0.2) is 9.80 Å². The van der Waals surface area contributed by atoms with Gasteiger partial charge in [-0.2, -0.15) is 0 Å². The number of likely N-dealkylation sites (N-methyl/N-ethyl adjacent to an activating group) is 1. The number of fused-ring (bicyclic) bond motifs is 1. The Morgan fingerprint density at radius 1 is 1.20 bits per heavy atom. The van der Waals surface area contributed by atoms with E-state index < -0.39 is 18.0 Å². The zero-order chi connectivity index (χ0) is 28.3. The summed E-state index contributed by atoms with van der Waals surface area (Å²) in [6.45, 7) is 3.72. The highest BCUT2D eigenvalue weighted by atomic mass is 16.5. The second kappa shape index (κ2) is 14.6. The molecule has 3 aliphatic rings. The molecule has 1 aliphatic heterocycles. The molecule has 2 aliphatic carbocycles. The second-order valence-corrected chi connectivity index (χ2v) is 10.4. The minimum absolute atomic E-state index is 0.116. The SMILES string of the molecule is CCNC(=O)N(Cc1ccccc1)NC(=O)[C@@H](CC1=CC2=CC=CCC2C=C1)N(C)C(=O)COC[C@@H]1CCCN1. The highest BCUT2D eigenvalue weighted by Crippen LogP contribution is 2.30. The zero-order valence-electron chi connectivity index (χ0n) is 23.5. The predicted octanol–water partition coefficient (Wildman–Crippen LogP) is 3.23. The summed E-state index contributed by atoms with van der Waals surface area (Å²) in [5.41, 5.74) is 5.79. The van der Waals surface area contributed by atoms with Gasteiger partial charge >= 0.3 is 6.03 Å². The molecule has 1 saturated heterocycles. The van der Waals surface area contributed by atoms with Gasteiger partial charge in [0.15, 0.2) is 0 Å². The van der Waals surface area contributed by atoms with Gasteiger partial charge in [0, 0.05) is 32.0 Å². The maximum Gasteiger partial charge on any atom is 0.336 e. The van der Waals surface area contributed by atoms with Crippen molar-refractivity contribution in [3.05, 3.63) is 83.5 Å². The van der Waals surface area contributed by atoms with Crippen LogP contribution in [0.25, 0.3) is 0 Å². The van der Waals surface area contributed by atoms with Crippen LogP contribution in [0.3, 0.4) is 0 Å². The average Bonchev–Trinajstić information content (AvgIpc) is 3.49. The molecule has 0 saturated carbocycles. The number of urea groups is 1. The Hall–Kier alpha value is -3.69. The van der Waals surface area contributed by atoms with E-state index in [-0.39, 0.29) is 25.1 Å². The summed E-state index contributed by atoms with van der Waals surface area (Å²) in [6, 6.07) is 8.43. The number of nitrogens with one attached hydrogen (secondary N) is 3. The number of amides is 4. The van der Waals surface area contributed by atoms with Crippen molar-refractivity contribution >= 4 is 17.8 Å². The number of hydrazine groups is 1. The van der Waals surface area contributed by atoms with E-state index in [9.17, 15) is 14.4 Å². The van der Waals surface area contributed by atoms with Crippen LogP contribution >= 0.6 is 0 Å². The lowest BCUT2D eigenvalue weighted by atomic mass is 9.84. The van der Waals surface area contributed by atoms with E-state index in [2.05, 4.69) is 40.4 Å². The molecule has 1 fully saturated rings. The molecule has 0 bridgehead atoms. The number of allylic oxidation sites excluding steroid dienone is 7. The molecule has 0 spiro atoms. The molecule has 9 heteroatoms. The van der Waals surface area contributed by atoms with Crippen LogP contribution in [-0.4, -0.2) is 73.2 Å². The molecular formula is C31H41N5O4. The van der Waals surface area contributed by atoms with Gasteiger partial charge in [0.2, 0.25) is 5.91 Å². The van der Waals surface area contributed by atoms with Crippen molar-refractivity contribution in [2.75, 3.05) is 33.4 Å². The Bertz CT molecular complexity index is 1150. The van der Waals surface area contributed by atoms with Crippen LogP contribution in [0.15, 0.2) is 77.9 Å². The highest BCUT2D eigenvalue weighted by Gasteiger charge is 2.31. The van der Waals surface area contributed by atoms with Crippen molar-refractivity contribution in [3.8, 4) is 0 Å². The molecule has 9 nitrogen and oxygen atoms in total. The molecule has 3 N–H and O–H groups in total. The molecule has 4 amide bonds. The molecule has 0 aromatic heterocycles. The van der Waals surface area contributed by atoms with Crippen molar-refractivity contribution in [1.82, 2.24) is 26.0 Å². The van der Waals surface area contributed by atoms with Gasteiger partial charge in [-0.15, -0.1) is 0 Å². The van der Waals surface area contributed by atoms with Crippen LogP contribution in [0.1, 0.15) is 38.2 Å². The predicted molar refractivity (Wildman–Crippen MR) is 155 cm³/mol. The van der Waals surface area contributed by atoms with Crippen LogP contribution in [0.4, 0.5) is 4.79 Å². The number of carbonyl (C=O) groups excluding carboxylic acids is 3. The van der Waals surface area contributed by atoms with Crippen molar-refractivity contribution in [2.45, 2.75) is 51.2 Å². The lowest BCUT2D eigenvalue weighted by molar-refractivity contribution is -0.144. The zero-order valence-corrected chi connectivity index (χ0v) is 23.5. The van der Waals surface area contributed by atoms with Gasteiger partial charge in [-0.3, -0.25) is 15.0 Å². The average molecular weight is 548 g/mol. The van der Waals surface area contributed by atoms with E-state index >= 15 is 0 Å². The number of carbonyl (C=O) groups is 3. The Kier molecular flexibility index (Phi) is 10.7. The first kappa shape index (κ1) is 29.3. The van der Waals surface area contributed by atoms with Gasteiger partial charge in [0.25, 0.3) is 5.91 Å². The molecule has 40 heavy (non-hydrogen) atoms. The summed E-state index contributed by atoms with van der Waals surface area (Å²) in [6.07, 6.45) is 15.9. The van der Waals surface area contributed by atoms with Gasteiger partial charge in [0.05, 0.1) is 13.2 Å². The van der Waals surface area contributed by atoms with Crippen LogP contribution in [-0.2, 0) is 20.9 Å². The smallest absolute Gasteiger partial charge is 0.336 e. The van der Waals surface area contributed by atoms with E-state index in [1.165, 1.54) is 15.5 Å². The fourth-order valence-corrected chi connectivity index (χ4v) is 5.11. The summed E-state index contributed by atoms with van der Waals surface area (Å²) < 4.78 is 5.72. The fourth-order valence-electron chi connectivity index (χ4n) is 5.11. The van der Waals surface area contributed by atoms with Crippen LogP contribution < -0.4 is 16.1 Å². The van der Waals surface area contributed by atoms with Crippen LogP contribution in [0, 0.1) is 5.92 Å². The summed E-state index contributed by atoms with van der Waals surface area (Å²) in [4.78, 5) is 41.3. The van der Waals surface area contributed by atoms with Crippen LogP contribution in [0.5, 0.6) is 0 Å². The first-order chi connectivity index (χ1) is 19.4. The van der Waals surface area contributed by atoms with Crippen molar-refractivity contribution in [1.29, 1.82) is 0 Å². The number of ether oxygens (including phenoxy) is 1. The number of hydrogen-bond donors (Lipinski definition) is 3. The molecule has 3 atom stereocenters. The third-order valence-corrected chi connectivity index (χ3v) is 7.44. The third kappa shape index (κ3) is 8.16. The van der Waals surface area contributed by atoms with Gasteiger partial charge < -0.3 is 20.3 Å². The Morgan fingerprint density at radius 2 is 2.02 bits per heavy atom. The Morgan fingerprint density at radius 3 is 2.77 bits per heavy atom. The number of rotatable bonds is 11. The summed E-state index contributed by atoms with van der Waals surface area (Å²) in [5.74, 6) is -0.398. The number of benzene rings is 1. The van der Waals surface area contributed by atoms with E-state index in [1.807, 2.05) is 49.4 Å². The van der Waals surface area contributed by atoms with Gasteiger partial charge in [0.1, 0.15) is 12.6 Å². The first-order valence-corrected chi connectivity index (χ1v) is 14.2. The lowest BCUT2D eigenvalue weighted by Crippen LogP contribution is -2.56. The number of nitrogens with zero attached hydrogens (tertiary/aromatic N) is 2. The minimum Gasteiger partial charge on any atom is -0.370 e. The Labute approximate surface area is 237 Å². The Balaban J connectivity index is 1.49. The van der Waals surface area contributed by atoms with Gasteiger partial charge in [-0.1, -0.05) is 66.8 Å². The largest absolute Gasteiger partial charge is 0.370 e. The summed E-state index contributed by atoms with van der Waals surface area (Å²) >= 11 is 0. The van der Waals surface area contributed by atoms with Crippen molar-refractivity contribution in [2.24, 2.45) is 5.92 Å². The van der Waals surface area contributed by atoms with E-state index in [4.69, 9.17) is 4.74 Å². The molecule has 214 valence electrons.